The summed E-state index contributed by atoms with van der Waals surface area (Å²) in [5, 5.41) is 0.688. The third kappa shape index (κ3) is 2.83. The molecule has 3 aromatic rings. The van der Waals surface area contributed by atoms with Crippen molar-refractivity contribution >= 4 is 23.2 Å². The summed E-state index contributed by atoms with van der Waals surface area (Å²) in [4.78, 5) is 18.6. The minimum absolute atomic E-state index is 0.0990. The molecule has 2 heterocycles. The number of aryl methyl sites for hydroxylation is 1. The molecule has 0 atom stereocenters. The number of imidazole rings is 1. The summed E-state index contributed by atoms with van der Waals surface area (Å²) in [6.07, 6.45) is 1.78. The molecule has 3 rings (SSSR count). The topological polar surface area (TPSA) is 37.6 Å². The van der Waals surface area contributed by atoms with Crippen LogP contribution in [0.2, 0.25) is 5.02 Å². The number of hydrogen-bond acceptors (Lipinski definition) is 2. The van der Waals surface area contributed by atoms with Gasteiger partial charge < -0.3 is 9.30 Å². The number of nitrogens with zero attached hydrogens (tertiary/aromatic N) is 3. The van der Waals surface area contributed by atoms with Crippen LogP contribution in [-0.2, 0) is 6.54 Å². The first-order valence-electron chi connectivity index (χ1n) is 6.99. The molecule has 0 unspecified atom stereocenters. The lowest BCUT2D eigenvalue weighted by Gasteiger charge is -2.15. The Kier molecular flexibility index (Phi) is 3.86. The Morgan fingerprint density at radius 2 is 1.95 bits per heavy atom. The fourth-order valence-electron chi connectivity index (χ4n) is 2.38. The van der Waals surface area contributed by atoms with Crippen LogP contribution in [-0.4, -0.2) is 27.2 Å². The van der Waals surface area contributed by atoms with Gasteiger partial charge in [0.05, 0.1) is 0 Å². The predicted molar refractivity (Wildman–Crippen MR) is 87.2 cm³/mol. The lowest BCUT2D eigenvalue weighted by molar-refractivity contribution is 0.0780. The summed E-state index contributed by atoms with van der Waals surface area (Å²) in [5.74, 6) is -0.0990. The number of fused-ring (bicyclic) bond motifs is 1. The number of aromatic nitrogens is 2. The van der Waals surface area contributed by atoms with E-state index in [9.17, 15) is 4.79 Å². The van der Waals surface area contributed by atoms with Crippen LogP contribution in [0.5, 0.6) is 0 Å². The molecule has 22 heavy (non-hydrogen) atoms. The van der Waals surface area contributed by atoms with Crippen molar-refractivity contribution < 1.29 is 4.79 Å². The Hall–Kier alpha value is -2.33. The standard InChI is InChI=1S/C17H16ClN3O/c1-12-4-3-5-16-19-15(11-21(12)16)17(22)20(2)10-13-6-8-14(18)9-7-13/h3-9,11H,10H2,1-2H3. The molecular formula is C17H16ClN3O. The molecule has 4 nitrogen and oxygen atoms in total. The van der Waals surface area contributed by atoms with Gasteiger partial charge in [0.1, 0.15) is 11.3 Å². The molecule has 0 saturated heterocycles. The van der Waals surface area contributed by atoms with Gasteiger partial charge in [-0.3, -0.25) is 4.79 Å². The van der Waals surface area contributed by atoms with Crippen molar-refractivity contribution in [2.24, 2.45) is 0 Å². The first-order valence-corrected chi connectivity index (χ1v) is 7.37. The molecule has 112 valence electrons. The zero-order chi connectivity index (χ0) is 15.7. The SMILES string of the molecule is Cc1cccc2nc(C(=O)N(C)Cc3ccc(Cl)cc3)cn12. The largest absolute Gasteiger partial charge is 0.336 e. The summed E-state index contributed by atoms with van der Waals surface area (Å²) in [7, 11) is 1.77. The fraction of sp³-hybridized carbons (Fsp3) is 0.176. The second-order valence-electron chi connectivity index (χ2n) is 5.31. The van der Waals surface area contributed by atoms with E-state index in [1.54, 1.807) is 18.1 Å². The van der Waals surface area contributed by atoms with Gasteiger partial charge in [-0.2, -0.15) is 0 Å². The molecule has 1 aromatic carbocycles. The average molecular weight is 314 g/mol. The van der Waals surface area contributed by atoms with Crippen LogP contribution >= 0.6 is 11.6 Å². The van der Waals surface area contributed by atoms with E-state index in [0.29, 0.717) is 17.3 Å². The highest BCUT2D eigenvalue weighted by molar-refractivity contribution is 6.30. The maximum absolute atomic E-state index is 12.5. The molecule has 0 bridgehead atoms. The zero-order valence-corrected chi connectivity index (χ0v) is 13.2. The Bertz CT molecular complexity index is 824. The van der Waals surface area contributed by atoms with Crippen LogP contribution in [0.25, 0.3) is 5.65 Å². The Morgan fingerprint density at radius 1 is 1.23 bits per heavy atom. The summed E-state index contributed by atoms with van der Waals surface area (Å²) in [5.41, 5.74) is 3.30. The molecule has 2 aromatic heterocycles. The molecule has 0 spiro atoms. The van der Waals surface area contributed by atoms with Crippen LogP contribution in [0, 0.1) is 6.92 Å². The number of carbonyl (C=O) groups excluding carboxylic acids is 1. The zero-order valence-electron chi connectivity index (χ0n) is 12.5. The number of halogens is 1. The van der Waals surface area contributed by atoms with Crippen molar-refractivity contribution in [1.82, 2.24) is 14.3 Å². The molecule has 0 radical (unpaired) electrons. The predicted octanol–water partition coefficient (Wildman–Crippen LogP) is 3.57. The van der Waals surface area contributed by atoms with Gasteiger partial charge in [0.15, 0.2) is 0 Å². The summed E-state index contributed by atoms with van der Waals surface area (Å²) < 4.78 is 1.92. The first kappa shape index (κ1) is 14.6. The lowest BCUT2D eigenvalue weighted by Crippen LogP contribution is -2.26. The van der Waals surface area contributed by atoms with Gasteiger partial charge in [0, 0.05) is 30.5 Å². The monoisotopic (exact) mass is 313 g/mol. The number of pyridine rings is 1. The molecule has 0 aliphatic heterocycles. The van der Waals surface area contributed by atoms with Crippen LogP contribution < -0.4 is 0 Å². The Morgan fingerprint density at radius 3 is 2.64 bits per heavy atom. The van der Waals surface area contributed by atoms with Gasteiger partial charge >= 0.3 is 0 Å². The van der Waals surface area contributed by atoms with Crippen LogP contribution in [0.3, 0.4) is 0 Å². The maximum Gasteiger partial charge on any atom is 0.274 e. The van der Waals surface area contributed by atoms with Crippen molar-refractivity contribution in [1.29, 1.82) is 0 Å². The number of hydrogen-bond donors (Lipinski definition) is 0. The van der Waals surface area contributed by atoms with Crippen molar-refractivity contribution in [3.63, 3.8) is 0 Å². The molecule has 5 heteroatoms. The maximum atomic E-state index is 12.5. The van der Waals surface area contributed by atoms with E-state index in [1.807, 2.05) is 53.8 Å². The lowest BCUT2D eigenvalue weighted by atomic mass is 10.2. The molecular weight excluding hydrogens is 298 g/mol. The highest BCUT2D eigenvalue weighted by Gasteiger charge is 2.16. The van der Waals surface area contributed by atoms with Gasteiger partial charge in [0.2, 0.25) is 0 Å². The highest BCUT2D eigenvalue weighted by Crippen LogP contribution is 2.14. The van der Waals surface area contributed by atoms with Crippen molar-refractivity contribution in [2.45, 2.75) is 13.5 Å². The Labute approximate surface area is 134 Å². The van der Waals surface area contributed by atoms with Crippen LogP contribution in [0.1, 0.15) is 21.7 Å². The Balaban J connectivity index is 1.82. The number of carbonyl (C=O) groups is 1. The first-order chi connectivity index (χ1) is 10.5. The van der Waals surface area contributed by atoms with Crippen molar-refractivity contribution in [3.05, 3.63) is 70.6 Å². The fourth-order valence-corrected chi connectivity index (χ4v) is 2.51. The van der Waals surface area contributed by atoms with Gasteiger partial charge in [-0.25, -0.2) is 4.98 Å². The average Bonchev–Trinajstić information content (AvgIpc) is 2.94. The third-order valence-corrected chi connectivity index (χ3v) is 3.85. The quantitative estimate of drug-likeness (QED) is 0.741. The van der Waals surface area contributed by atoms with E-state index in [0.717, 1.165) is 16.9 Å². The van der Waals surface area contributed by atoms with E-state index in [1.165, 1.54) is 0 Å². The molecule has 0 fully saturated rings. The summed E-state index contributed by atoms with van der Waals surface area (Å²) in [6.45, 7) is 2.50. The van der Waals surface area contributed by atoms with E-state index < -0.39 is 0 Å². The number of rotatable bonds is 3. The van der Waals surface area contributed by atoms with Crippen molar-refractivity contribution in [3.8, 4) is 0 Å². The minimum atomic E-state index is -0.0990. The van der Waals surface area contributed by atoms with Gasteiger partial charge in [-0.05, 0) is 36.8 Å². The number of amides is 1. The number of benzene rings is 1. The minimum Gasteiger partial charge on any atom is -0.336 e. The molecule has 1 amide bonds. The van der Waals surface area contributed by atoms with Crippen LogP contribution in [0.15, 0.2) is 48.7 Å². The normalized spacial score (nSPS) is 10.9. The smallest absolute Gasteiger partial charge is 0.274 e. The van der Waals surface area contributed by atoms with E-state index in [2.05, 4.69) is 4.98 Å². The van der Waals surface area contributed by atoms with Gasteiger partial charge in [-0.1, -0.05) is 29.8 Å². The van der Waals surface area contributed by atoms with Gasteiger partial charge in [-0.15, -0.1) is 0 Å². The van der Waals surface area contributed by atoms with Gasteiger partial charge in [0.25, 0.3) is 5.91 Å². The van der Waals surface area contributed by atoms with Crippen molar-refractivity contribution in [2.75, 3.05) is 7.05 Å². The molecule has 0 N–H and O–H groups in total. The summed E-state index contributed by atoms with van der Waals surface area (Å²) >= 11 is 5.87. The highest BCUT2D eigenvalue weighted by atomic mass is 35.5. The molecule has 0 aliphatic carbocycles. The molecule has 0 saturated carbocycles. The third-order valence-electron chi connectivity index (χ3n) is 3.59. The van der Waals surface area contributed by atoms with E-state index >= 15 is 0 Å². The van der Waals surface area contributed by atoms with Crippen LogP contribution in [0.4, 0.5) is 0 Å². The summed E-state index contributed by atoms with van der Waals surface area (Å²) in [6, 6.07) is 13.3. The van der Waals surface area contributed by atoms with E-state index in [4.69, 9.17) is 11.6 Å². The van der Waals surface area contributed by atoms with E-state index in [-0.39, 0.29) is 5.91 Å². The molecule has 0 aliphatic rings. The second-order valence-corrected chi connectivity index (χ2v) is 5.75. The second kappa shape index (κ2) is 5.81.